The van der Waals surface area contributed by atoms with Crippen molar-refractivity contribution in [3.63, 3.8) is 0 Å². The van der Waals surface area contributed by atoms with E-state index in [0.717, 1.165) is 11.8 Å². The van der Waals surface area contributed by atoms with Crippen LogP contribution in [0.1, 0.15) is 34.5 Å². The molecular weight excluding hydrogens is 302 g/mol. The normalized spacial score (nSPS) is 17.0. The highest BCUT2D eigenvalue weighted by Gasteiger charge is 2.38. The molecule has 2 heterocycles. The molecule has 0 unspecified atom stereocenters. The predicted octanol–water partition coefficient (Wildman–Crippen LogP) is 3.04. The van der Waals surface area contributed by atoms with Gasteiger partial charge in [0.15, 0.2) is 0 Å². The third-order valence-electron chi connectivity index (χ3n) is 4.34. The van der Waals surface area contributed by atoms with Crippen LogP contribution in [0.2, 0.25) is 0 Å². The van der Waals surface area contributed by atoms with Crippen LogP contribution in [-0.2, 0) is 10.3 Å². The summed E-state index contributed by atoms with van der Waals surface area (Å²) in [6, 6.07) is 5.14. The van der Waals surface area contributed by atoms with Gasteiger partial charge in [0.2, 0.25) is 0 Å². The van der Waals surface area contributed by atoms with Crippen LogP contribution < -0.4 is 5.32 Å². The molecule has 0 atom stereocenters. The standard InChI is InChI=1S/C17H18F2N2O2/c1-11-13(4-7-20-11)16(22)21-17(5-8-23-9-6-17)14-3-2-12(18)10-15(14)19/h2-4,7,10,20H,5-6,8-9H2,1H3,(H,21,22). The number of carbonyl (C=O) groups is 1. The van der Waals surface area contributed by atoms with Crippen LogP contribution >= 0.6 is 0 Å². The molecule has 0 saturated carbocycles. The Hall–Kier alpha value is -2.21. The van der Waals surface area contributed by atoms with Gasteiger partial charge in [0, 0.05) is 36.7 Å². The average molecular weight is 320 g/mol. The highest BCUT2D eigenvalue weighted by atomic mass is 19.1. The number of aryl methyl sites for hydroxylation is 1. The summed E-state index contributed by atoms with van der Waals surface area (Å²) in [6.07, 6.45) is 2.55. The number of hydrogen-bond donors (Lipinski definition) is 2. The zero-order valence-electron chi connectivity index (χ0n) is 12.8. The maximum absolute atomic E-state index is 14.3. The Kier molecular flexibility index (Phi) is 4.17. The van der Waals surface area contributed by atoms with Crippen LogP contribution in [0.4, 0.5) is 8.78 Å². The summed E-state index contributed by atoms with van der Waals surface area (Å²) in [5.74, 6) is -1.58. The summed E-state index contributed by atoms with van der Waals surface area (Å²) in [5, 5.41) is 2.95. The molecule has 0 radical (unpaired) electrons. The second kappa shape index (κ2) is 6.12. The van der Waals surface area contributed by atoms with Crippen molar-refractivity contribution in [1.29, 1.82) is 0 Å². The Bertz CT molecular complexity index is 721. The maximum Gasteiger partial charge on any atom is 0.253 e. The fourth-order valence-electron chi connectivity index (χ4n) is 3.04. The molecule has 3 rings (SSSR count). The topological polar surface area (TPSA) is 54.1 Å². The number of rotatable bonds is 3. The molecule has 1 aromatic carbocycles. The fourth-order valence-corrected chi connectivity index (χ4v) is 3.04. The smallest absolute Gasteiger partial charge is 0.253 e. The van der Waals surface area contributed by atoms with E-state index < -0.39 is 17.2 Å². The van der Waals surface area contributed by atoms with Crippen molar-refractivity contribution < 1.29 is 18.3 Å². The van der Waals surface area contributed by atoms with E-state index >= 15 is 0 Å². The lowest BCUT2D eigenvalue weighted by Crippen LogP contribution is -2.50. The molecule has 6 heteroatoms. The van der Waals surface area contributed by atoms with Crippen LogP contribution in [0, 0.1) is 18.6 Å². The van der Waals surface area contributed by atoms with E-state index in [1.807, 2.05) is 0 Å². The molecule has 1 aliphatic rings. The number of amides is 1. The van der Waals surface area contributed by atoms with Gasteiger partial charge in [-0.25, -0.2) is 8.78 Å². The summed E-state index contributed by atoms with van der Waals surface area (Å²) in [7, 11) is 0. The van der Waals surface area contributed by atoms with Gasteiger partial charge in [0.1, 0.15) is 11.6 Å². The van der Waals surface area contributed by atoms with Crippen LogP contribution in [0.15, 0.2) is 30.5 Å². The first-order chi connectivity index (χ1) is 11.0. The zero-order chi connectivity index (χ0) is 16.4. The molecular formula is C17H18F2N2O2. The van der Waals surface area contributed by atoms with E-state index in [1.54, 1.807) is 19.2 Å². The molecule has 1 aliphatic heterocycles. The summed E-state index contributed by atoms with van der Waals surface area (Å²) in [5.41, 5.74) is 0.656. The minimum Gasteiger partial charge on any atom is -0.381 e. The van der Waals surface area contributed by atoms with Crippen molar-refractivity contribution in [3.05, 3.63) is 58.9 Å². The molecule has 23 heavy (non-hydrogen) atoms. The summed E-state index contributed by atoms with van der Waals surface area (Å²) in [4.78, 5) is 15.5. The van der Waals surface area contributed by atoms with Crippen LogP contribution in [0.25, 0.3) is 0 Å². The molecule has 2 N–H and O–H groups in total. The number of nitrogens with one attached hydrogen (secondary N) is 2. The van der Waals surface area contributed by atoms with E-state index in [-0.39, 0.29) is 5.91 Å². The summed E-state index contributed by atoms with van der Waals surface area (Å²) in [6.45, 7) is 2.61. The lowest BCUT2D eigenvalue weighted by molar-refractivity contribution is 0.0333. The molecule has 0 spiro atoms. The van der Waals surface area contributed by atoms with Crippen molar-refractivity contribution in [2.24, 2.45) is 0 Å². The third-order valence-corrected chi connectivity index (χ3v) is 4.34. The first kappa shape index (κ1) is 15.7. The third kappa shape index (κ3) is 2.99. The van der Waals surface area contributed by atoms with Crippen molar-refractivity contribution in [3.8, 4) is 0 Å². The highest BCUT2D eigenvalue weighted by molar-refractivity contribution is 5.95. The van der Waals surface area contributed by atoms with Gasteiger partial charge in [0.05, 0.1) is 11.1 Å². The van der Waals surface area contributed by atoms with Crippen LogP contribution in [-0.4, -0.2) is 24.1 Å². The molecule has 1 fully saturated rings. The second-order valence-corrected chi connectivity index (χ2v) is 5.79. The molecule has 0 aliphatic carbocycles. The van der Waals surface area contributed by atoms with Gasteiger partial charge in [-0.1, -0.05) is 6.07 Å². The van der Waals surface area contributed by atoms with E-state index in [0.29, 0.717) is 37.2 Å². The number of aromatic amines is 1. The molecule has 0 bridgehead atoms. The number of H-pyrrole nitrogens is 1. The Morgan fingerprint density at radius 2 is 2.00 bits per heavy atom. The van der Waals surface area contributed by atoms with E-state index in [1.165, 1.54) is 12.1 Å². The Morgan fingerprint density at radius 1 is 1.26 bits per heavy atom. The first-order valence-corrected chi connectivity index (χ1v) is 7.52. The Labute approximate surface area is 132 Å². The average Bonchev–Trinajstić information content (AvgIpc) is 2.94. The van der Waals surface area contributed by atoms with Gasteiger partial charge < -0.3 is 15.0 Å². The van der Waals surface area contributed by atoms with E-state index in [9.17, 15) is 13.6 Å². The Morgan fingerprint density at radius 3 is 2.61 bits per heavy atom. The first-order valence-electron chi connectivity index (χ1n) is 7.52. The number of ether oxygens (including phenoxy) is 1. The minimum absolute atomic E-state index is 0.283. The van der Waals surface area contributed by atoms with Crippen LogP contribution in [0.5, 0.6) is 0 Å². The van der Waals surface area contributed by atoms with Gasteiger partial charge in [-0.15, -0.1) is 0 Å². The minimum atomic E-state index is -0.892. The maximum atomic E-state index is 14.3. The molecule has 122 valence electrons. The number of benzene rings is 1. The molecule has 4 nitrogen and oxygen atoms in total. The van der Waals surface area contributed by atoms with Gasteiger partial charge in [0.25, 0.3) is 5.91 Å². The highest BCUT2D eigenvalue weighted by Crippen LogP contribution is 2.34. The SMILES string of the molecule is Cc1[nH]ccc1C(=O)NC1(c2ccc(F)cc2F)CCOCC1. The lowest BCUT2D eigenvalue weighted by atomic mass is 9.82. The fraction of sp³-hybridized carbons (Fsp3) is 0.353. The summed E-state index contributed by atoms with van der Waals surface area (Å²) >= 11 is 0. The molecule has 1 amide bonds. The number of carbonyl (C=O) groups excluding carboxylic acids is 1. The summed E-state index contributed by atoms with van der Waals surface area (Å²) < 4.78 is 32.9. The lowest BCUT2D eigenvalue weighted by Gasteiger charge is -2.38. The number of hydrogen-bond acceptors (Lipinski definition) is 2. The molecule has 2 aromatic rings. The van der Waals surface area contributed by atoms with Gasteiger partial charge in [-0.2, -0.15) is 0 Å². The number of halogens is 2. The van der Waals surface area contributed by atoms with Gasteiger partial charge in [-0.05, 0) is 31.9 Å². The Balaban J connectivity index is 1.97. The largest absolute Gasteiger partial charge is 0.381 e. The zero-order valence-corrected chi connectivity index (χ0v) is 12.8. The monoisotopic (exact) mass is 320 g/mol. The second-order valence-electron chi connectivity index (χ2n) is 5.79. The van der Waals surface area contributed by atoms with Gasteiger partial charge >= 0.3 is 0 Å². The molecule has 1 aromatic heterocycles. The van der Waals surface area contributed by atoms with Crippen molar-refractivity contribution in [1.82, 2.24) is 10.3 Å². The van der Waals surface area contributed by atoms with Crippen LogP contribution in [0.3, 0.4) is 0 Å². The van der Waals surface area contributed by atoms with E-state index in [4.69, 9.17) is 4.74 Å². The predicted molar refractivity (Wildman–Crippen MR) is 81.1 cm³/mol. The molecule has 1 saturated heterocycles. The quantitative estimate of drug-likeness (QED) is 0.913. The van der Waals surface area contributed by atoms with Crippen molar-refractivity contribution >= 4 is 5.91 Å². The van der Waals surface area contributed by atoms with Crippen molar-refractivity contribution in [2.45, 2.75) is 25.3 Å². The van der Waals surface area contributed by atoms with E-state index in [2.05, 4.69) is 10.3 Å². The number of aromatic nitrogens is 1. The van der Waals surface area contributed by atoms with Gasteiger partial charge in [-0.3, -0.25) is 4.79 Å². The van der Waals surface area contributed by atoms with Crippen molar-refractivity contribution in [2.75, 3.05) is 13.2 Å².